The number of piperidine rings is 1. The van der Waals surface area contributed by atoms with E-state index < -0.39 is 10.8 Å². The van der Waals surface area contributed by atoms with Gasteiger partial charge in [0.15, 0.2) is 0 Å². The molecule has 0 aromatic carbocycles. The van der Waals surface area contributed by atoms with Gasteiger partial charge in [-0.15, -0.1) is 12.4 Å². The predicted octanol–water partition coefficient (Wildman–Crippen LogP) is 1.07. The van der Waals surface area contributed by atoms with Crippen LogP contribution in [-0.2, 0) is 10.8 Å². The fraction of sp³-hybridized carbons (Fsp3) is 0.600. The molecule has 16 heavy (non-hydrogen) atoms. The Kier molecular flexibility index (Phi) is 5.31. The van der Waals surface area contributed by atoms with Gasteiger partial charge < -0.3 is 5.32 Å². The minimum absolute atomic E-state index is 0. The fourth-order valence-electron chi connectivity index (χ4n) is 1.67. The Hall–Kier alpha value is -0.520. The Labute approximate surface area is 104 Å². The molecule has 0 spiro atoms. The van der Waals surface area contributed by atoms with E-state index >= 15 is 0 Å². The molecular formula is C10H16ClN3OS. The van der Waals surface area contributed by atoms with Crippen LogP contribution >= 0.6 is 12.4 Å². The van der Waals surface area contributed by atoms with Crippen LogP contribution in [0.2, 0.25) is 0 Å². The topological polar surface area (TPSA) is 54.9 Å². The Bertz CT molecular complexity index is 369. The van der Waals surface area contributed by atoms with Gasteiger partial charge in [-0.05, 0) is 32.4 Å². The van der Waals surface area contributed by atoms with E-state index in [1.165, 1.54) is 0 Å². The standard InChI is InChI=1S/C10H15N3OS.ClH/c1-8-4-6-12-10(13-8)15(14)9-3-2-5-11-7-9;/h4,6,9,11H,2-3,5,7H2,1H3;1H. The van der Waals surface area contributed by atoms with Crippen molar-refractivity contribution in [3.8, 4) is 0 Å². The third-order valence-electron chi connectivity index (χ3n) is 2.51. The molecule has 2 rings (SSSR count). The van der Waals surface area contributed by atoms with Crippen molar-refractivity contribution in [2.45, 2.75) is 30.2 Å². The minimum Gasteiger partial charge on any atom is -0.316 e. The Morgan fingerprint density at radius 3 is 3.00 bits per heavy atom. The van der Waals surface area contributed by atoms with Crippen LogP contribution in [0.15, 0.2) is 17.4 Å². The SMILES string of the molecule is Cc1ccnc(S(=O)C2CCCNC2)n1.Cl. The third-order valence-corrected chi connectivity index (χ3v) is 4.07. The first-order valence-corrected chi connectivity index (χ1v) is 6.39. The fourth-order valence-corrected chi connectivity index (χ4v) is 3.02. The van der Waals surface area contributed by atoms with Crippen LogP contribution in [0.4, 0.5) is 0 Å². The molecular weight excluding hydrogens is 246 g/mol. The highest BCUT2D eigenvalue weighted by Crippen LogP contribution is 2.13. The molecule has 1 aromatic rings. The number of nitrogens with one attached hydrogen (secondary N) is 1. The van der Waals surface area contributed by atoms with Crippen molar-refractivity contribution in [1.82, 2.24) is 15.3 Å². The summed E-state index contributed by atoms with van der Waals surface area (Å²) < 4.78 is 12.1. The molecule has 1 N–H and O–H groups in total. The van der Waals surface area contributed by atoms with Crippen molar-refractivity contribution in [3.05, 3.63) is 18.0 Å². The summed E-state index contributed by atoms with van der Waals surface area (Å²) in [7, 11) is -1.06. The average Bonchev–Trinajstić information content (AvgIpc) is 2.29. The maximum Gasteiger partial charge on any atom is 0.218 e. The molecule has 0 radical (unpaired) electrons. The summed E-state index contributed by atoms with van der Waals surface area (Å²) >= 11 is 0. The summed E-state index contributed by atoms with van der Waals surface area (Å²) in [6.07, 6.45) is 3.75. The van der Waals surface area contributed by atoms with Crippen molar-refractivity contribution >= 4 is 23.2 Å². The van der Waals surface area contributed by atoms with E-state index in [4.69, 9.17) is 0 Å². The smallest absolute Gasteiger partial charge is 0.218 e. The van der Waals surface area contributed by atoms with E-state index in [1.54, 1.807) is 6.20 Å². The second-order valence-electron chi connectivity index (χ2n) is 3.75. The zero-order valence-corrected chi connectivity index (χ0v) is 10.8. The number of hydrogen-bond acceptors (Lipinski definition) is 4. The Morgan fingerprint density at radius 2 is 2.38 bits per heavy atom. The van der Waals surface area contributed by atoms with Crippen LogP contribution < -0.4 is 5.32 Å². The molecule has 6 heteroatoms. The summed E-state index contributed by atoms with van der Waals surface area (Å²) in [6.45, 7) is 3.73. The maximum atomic E-state index is 12.1. The lowest BCUT2D eigenvalue weighted by molar-refractivity contribution is 0.517. The molecule has 4 nitrogen and oxygen atoms in total. The van der Waals surface area contributed by atoms with Gasteiger partial charge in [0.05, 0.1) is 16.0 Å². The van der Waals surface area contributed by atoms with Crippen molar-refractivity contribution in [3.63, 3.8) is 0 Å². The second-order valence-corrected chi connectivity index (χ2v) is 5.37. The molecule has 1 fully saturated rings. The lowest BCUT2D eigenvalue weighted by atomic mass is 10.2. The number of rotatable bonds is 2. The van der Waals surface area contributed by atoms with Gasteiger partial charge in [-0.3, -0.25) is 4.21 Å². The summed E-state index contributed by atoms with van der Waals surface area (Å²) in [5.74, 6) is 0. The molecule has 2 unspecified atom stereocenters. The van der Waals surface area contributed by atoms with Crippen molar-refractivity contribution < 1.29 is 4.21 Å². The molecule has 2 heterocycles. The van der Waals surface area contributed by atoms with Crippen LogP contribution in [0.3, 0.4) is 0 Å². The molecule has 0 bridgehead atoms. The van der Waals surface area contributed by atoms with Gasteiger partial charge in [0.1, 0.15) is 0 Å². The number of halogens is 1. The van der Waals surface area contributed by atoms with Crippen LogP contribution in [0, 0.1) is 6.92 Å². The number of aryl methyl sites for hydroxylation is 1. The predicted molar refractivity (Wildman–Crippen MR) is 66.3 cm³/mol. The summed E-state index contributed by atoms with van der Waals surface area (Å²) in [6, 6.07) is 1.82. The van der Waals surface area contributed by atoms with Gasteiger partial charge in [0, 0.05) is 18.4 Å². The lowest BCUT2D eigenvalue weighted by Crippen LogP contribution is -2.36. The number of hydrogen-bond donors (Lipinski definition) is 1. The molecule has 2 atom stereocenters. The normalized spacial score (nSPS) is 22.2. The van der Waals surface area contributed by atoms with Crippen molar-refractivity contribution in [2.24, 2.45) is 0 Å². The molecule has 1 aliphatic heterocycles. The van der Waals surface area contributed by atoms with Crippen LogP contribution in [0.25, 0.3) is 0 Å². The monoisotopic (exact) mass is 261 g/mol. The van der Waals surface area contributed by atoms with E-state index in [0.29, 0.717) is 5.16 Å². The van der Waals surface area contributed by atoms with Crippen molar-refractivity contribution in [1.29, 1.82) is 0 Å². The van der Waals surface area contributed by atoms with E-state index in [0.717, 1.165) is 31.6 Å². The molecule has 0 aliphatic carbocycles. The van der Waals surface area contributed by atoms with Gasteiger partial charge in [-0.1, -0.05) is 0 Å². The highest BCUT2D eigenvalue weighted by Gasteiger charge is 2.22. The summed E-state index contributed by atoms with van der Waals surface area (Å²) in [5.41, 5.74) is 0.872. The number of nitrogens with zero attached hydrogens (tertiary/aromatic N) is 2. The van der Waals surface area contributed by atoms with E-state index in [-0.39, 0.29) is 17.7 Å². The largest absolute Gasteiger partial charge is 0.316 e. The first-order chi connectivity index (χ1) is 7.27. The van der Waals surface area contributed by atoms with Gasteiger partial charge in [0.25, 0.3) is 0 Å². The van der Waals surface area contributed by atoms with E-state index in [2.05, 4.69) is 15.3 Å². The third kappa shape index (κ3) is 3.23. The Morgan fingerprint density at radius 1 is 1.56 bits per heavy atom. The second kappa shape index (κ2) is 6.27. The molecule has 1 aliphatic rings. The highest BCUT2D eigenvalue weighted by molar-refractivity contribution is 7.85. The van der Waals surface area contributed by atoms with Gasteiger partial charge in [-0.25, -0.2) is 9.97 Å². The lowest BCUT2D eigenvalue weighted by Gasteiger charge is -2.21. The first kappa shape index (κ1) is 13.5. The highest BCUT2D eigenvalue weighted by atomic mass is 35.5. The average molecular weight is 262 g/mol. The van der Waals surface area contributed by atoms with Gasteiger partial charge in [0.2, 0.25) is 5.16 Å². The van der Waals surface area contributed by atoms with E-state index in [1.807, 2.05) is 13.0 Å². The molecule has 90 valence electrons. The minimum atomic E-state index is -1.06. The molecule has 0 amide bonds. The van der Waals surface area contributed by atoms with Crippen LogP contribution in [0.1, 0.15) is 18.5 Å². The van der Waals surface area contributed by atoms with Crippen LogP contribution in [0.5, 0.6) is 0 Å². The van der Waals surface area contributed by atoms with Crippen molar-refractivity contribution in [2.75, 3.05) is 13.1 Å². The molecule has 1 aromatic heterocycles. The van der Waals surface area contributed by atoms with E-state index in [9.17, 15) is 4.21 Å². The Balaban J connectivity index is 0.00000128. The number of aromatic nitrogens is 2. The van der Waals surface area contributed by atoms with Gasteiger partial charge in [-0.2, -0.15) is 0 Å². The summed E-state index contributed by atoms with van der Waals surface area (Å²) in [4.78, 5) is 8.28. The quantitative estimate of drug-likeness (QED) is 0.809. The van der Waals surface area contributed by atoms with Gasteiger partial charge >= 0.3 is 0 Å². The molecule has 1 saturated heterocycles. The zero-order valence-electron chi connectivity index (χ0n) is 9.18. The maximum absolute atomic E-state index is 12.1. The summed E-state index contributed by atoms with van der Waals surface area (Å²) in [5, 5.41) is 3.89. The zero-order chi connectivity index (χ0) is 10.7. The first-order valence-electron chi connectivity index (χ1n) is 5.18. The van der Waals surface area contributed by atoms with Crippen LogP contribution in [-0.4, -0.2) is 32.5 Å². The molecule has 0 saturated carbocycles.